The predicted molar refractivity (Wildman–Crippen MR) is 130 cm³/mol. The molecule has 0 spiro atoms. The highest BCUT2D eigenvalue weighted by Crippen LogP contribution is 2.28. The second kappa shape index (κ2) is 9.86. The Kier molecular flexibility index (Phi) is 6.73. The van der Waals surface area contributed by atoms with Crippen LogP contribution >= 0.6 is 0 Å². The van der Waals surface area contributed by atoms with Crippen LogP contribution in [-0.2, 0) is 18.3 Å². The van der Waals surface area contributed by atoms with E-state index >= 15 is 0 Å². The van der Waals surface area contributed by atoms with Crippen molar-refractivity contribution in [1.29, 1.82) is 0 Å². The van der Waals surface area contributed by atoms with E-state index in [9.17, 15) is 9.59 Å². The van der Waals surface area contributed by atoms with E-state index in [1.54, 1.807) is 32.8 Å². The fourth-order valence-corrected chi connectivity index (χ4v) is 4.41. The van der Waals surface area contributed by atoms with Crippen LogP contribution in [0.25, 0.3) is 11.1 Å². The zero-order chi connectivity index (χ0) is 23.4. The molecule has 0 bridgehead atoms. The monoisotopic (exact) mass is 442 g/mol. The lowest BCUT2D eigenvalue weighted by Gasteiger charge is -2.24. The number of amides is 2. The predicted octanol–water partition coefficient (Wildman–Crippen LogP) is 3.72. The van der Waals surface area contributed by atoms with Crippen LogP contribution < -0.4 is 0 Å². The minimum Gasteiger partial charge on any atom is -0.337 e. The smallest absolute Gasteiger partial charge is 0.289 e. The van der Waals surface area contributed by atoms with Gasteiger partial charge in [0, 0.05) is 45.6 Å². The Labute approximate surface area is 195 Å². The minimum absolute atomic E-state index is 0.0590. The standard InChI is InChI=1S/C27H30N4O2/c1-4-14-30-16-17-31(27(33)25-28-13-15-29(25)3)19-23(26(30)32)18-22-7-5-6-8-24(22)21-11-9-20(2)10-12-21/h4-13,15,23H,1,14,16-19H2,2-3H3/t23-/m0/s1. The van der Waals surface area contributed by atoms with Crippen molar-refractivity contribution in [3.05, 3.63) is 90.5 Å². The van der Waals surface area contributed by atoms with Crippen molar-refractivity contribution in [3.8, 4) is 11.1 Å². The number of aryl methyl sites for hydroxylation is 2. The molecule has 1 aliphatic heterocycles. The number of aromatic nitrogens is 2. The van der Waals surface area contributed by atoms with Crippen molar-refractivity contribution in [3.63, 3.8) is 0 Å². The molecule has 6 heteroatoms. The van der Waals surface area contributed by atoms with Crippen molar-refractivity contribution in [2.75, 3.05) is 26.2 Å². The van der Waals surface area contributed by atoms with Gasteiger partial charge in [0.25, 0.3) is 5.91 Å². The van der Waals surface area contributed by atoms with E-state index in [1.165, 1.54) is 5.56 Å². The first-order valence-corrected chi connectivity index (χ1v) is 11.3. The van der Waals surface area contributed by atoms with Crippen molar-refractivity contribution < 1.29 is 9.59 Å². The van der Waals surface area contributed by atoms with E-state index in [2.05, 4.69) is 54.9 Å². The first-order valence-electron chi connectivity index (χ1n) is 11.3. The summed E-state index contributed by atoms with van der Waals surface area (Å²) in [5.74, 6) is -0.0435. The number of carbonyl (C=O) groups excluding carboxylic acids is 2. The van der Waals surface area contributed by atoms with Crippen LogP contribution in [0.15, 0.2) is 73.6 Å². The van der Waals surface area contributed by atoms with Gasteiger partial charge in [-0.25, -0.2) is 4.98 Å². The summed E-state index contributed by atoms with van der Waals surface area (Å²) in [4.78, 5) is 34.5. The molecule has 3 aromatic rings. The Morgan fingerprint density at radius 1 is 1.15 bits per heavy atom. The number of imidazole rings is 1. The Bertz CT molecular complexity index is 1150. The molecule has 170 valence electrons. The number of benzene rings is 2. The second-order valence-corrected chi connectivity index (χ2v) is 8.61. The minimum atomic E-state index is -0.344. The van der Waals surface area contributed by atoms with Crippen LogP contribution in [0.1, 0.15) is 21.7 Å². The molecule has 1 aromatic heterocycles. The summed E-state index contributed by atoms with van der Waals surface area (Å²) < 4.78 is 1.72. The average molecular weight is 443 g/mol. The molecule has 0 saturated carbocycles. The summed E-state index contributed by atoms with van der Waals surface area (Å²) in [5, 5.41) is 0. The summed E-state index contributed by atoms with van der Waals surface area (Å²) in [7, 11) is 1.81. The molecule has 4 rings (SSSR count). The number of hydrogen-bond acceptors (Lipinski definition) is 3. The zero-order valence-corrected chi connectivity index (χ0v) is 19.3. The molecule has 2 amide bonds. The van der Waals surface area contributed by atoms with E-state index in [-0.39, 0.29) is 17.7 Å². The summed E-state index contributed by atoms with van der Waals surface area (Å²) in [6.07, 6.45) is 5.68. The highest BCUT2D eigenvalue weighted by molar-refractivity contribution is 5.92. The molecule has 1 atom stereocenters. The van der Waals surface area contributed by atoms with Gasteiger partial charge in [-0.2, -0.15) is 0 Å². The van der Waals surface area contributed by atoms with Crippen LogP contribution in [-0.4, -0.2) is 57.3 Å². The van der Waals surface area contributed by atoms with Crippen LogP contribution in [0.4, 0.5) is 0 Å². The molecule has 0 radical (unpaired) electrons. The number of hydrogen-bond donors (Lipinski definition) is 0. The van der Waals surface area contributed by atoms with E-state index < -0.39 is 0 Å². The van der Waals surface area contributed by atoms with Gasteiger partial charge in [-0.3, -0.25) is 9.59 Å². The average Bonchev–Trinajstić information content (AvgIpc) is 3.19. The Hall–Kier alpha value is -3.67. The molecule has 1 aliphatic rings. The molecule has 0 aliphatic carbocycles. The molecule has 2 aromatic carbocycles. The van der Waals surface area contributed by atoms with Gasteiger partial charge in [0.15, 0.2) is 5.82 Å². The first kappa shape index (κ1) is 22.5. The molecule has 1 saturated heterocycles. The van der Waals surface area contributed by atoms with Gasteiger partial charge in [-0.15, -0.1) is 6.58 Å². The lowest BCUT2D eigenvalue weighted by Crippen LogP contribution is -2.38. The van der Waals surface area contributed by atoms with Crippen molar-refractivity contribution in [1.82, 2.24) is 19.4 Å². The van der Waals surface area contributed by atoms with Gasteiger partial charge in [-0.05, 0) is 30.0 Å². The van der Waals surface area contributed by atoms with Crippen LogP contribution in [0, 0.1) is 12.8 Å². The van der Waals surface area contributed by atoms with Gasteiger partial charge in [0.05, 0.1) is 5.92 Å². The number of carbonyl (C=O) groups is 2. The van der Waals surface area contributed by atoms with Crippen molar-refractivity contribution in [2.45, 2.75) is 13.3 Å². The summed E-state index contributed by atoms with van der Waals surface area (Å²) >= 11 is 0. The van der Waals surface area contributed by atoms with E-state index in [4.69, 9.17) is 0 Å². The fourth-order valence-electron chi connectivity index (χ4n) is 4.41. The Morgan fingerprint density at radius 3 is 2.61 bits per heavy atom. The van der Waals surface area contributed by atoms with E-state index in [0.29, 0.717) is 38.4 Å². The number of rotatable bonds is 6. The summed E-state index contributed by atoms with van der Waals surface area (Å²) in [5.41, 5.74) is 4.55. The van der Waals surface area contributed by atoms with Crippen molar-refractivity contribution in [2.24, 2.45) is 13.0 Å². The van der Waals surface area contributed by atoms with Crippen LogP contribution in [0.2, 0.25) is 0 Å². The molecule has 1 fully saturated rings. The van der Waals surface area contributed by atoms with E-state index in [0.717, 1.165) is 16.7 Å². The van der Waals surface area contributed by atoms with Gasteiger partial charge < -0.3 is 14.4 Å². The maximum absolute atomic E-state index is 13.5. The maximum atomic E-state index is 13.5. The van der Waals surface area contributed by atoms with Gasteiger partial charge in [-0.1, -0.05) is 60.2 Å². The third-order valence-electron chi connectivity index (χ3n) is 6.24. The maximum Gasteiger partial charge on any atom is 0.289 e. The third kappa shape index (κ3) is 4.90. The Balaban J connectivity index is 1.65. The lowest BCUT2D eigenvalue weighted by atomic mass is 9.91. The first-order chi connectivity index (χ1) is 16.0. The normalized spacial score (nSPS) is 16.5. The third-order valence-corrected chi connectivity index (χ3v) is 6.24. The SMILES string of the molecule is C=CCN1CCN(C(=O)c2nccn2C)C[C@H](Cc2ccccc2-c2ccc(C)cc2)C1=O. The van der Waals surface area contributed by atoms with Gasteiger partial charge in [0.2, 0.25) is 5.91 Å². The van der Waals surface area contributed by atoms with Crippen molar-refractivity contribution >= 4 is 11.8 Å². The Morgan fingerprint density at radius 2 is 1.91 bits per heavy atom. The largest absolute Gasteiger partial charge is 0.337 e. The zero-order valence-electron chi connectivity index (χ0n) is 19.3. The topological polar surface area (TPSA) is 58.4 Å². The molecule has 0 N–H and O–H groups in total. The van der Waals surface area contributed by atoms with E-state index in [1.807, 2.05) is 19.2 Å². The molecule has 2 heterocycles. The lowest BCUT2D eigenvalue weighted by molar-refractivity contribution is -0.134. The summed E-state index contributed by atoms with van der Waals surface area (Å²) in [6, 6.07) is 16.6. The van der Waals surface area contributed by atoms with Crippen LogP contribution in [0.5, 0.6) is 0 Å². The fraction of sp³-hybridized carbons (Fsp3) is 0.296. The molecular formula is C27H30N4O2. The highest BCUT2D eigenvalue weighted by atomic mass is 16.2. The molecular weight excluding hydrogens is 412 g/mol. The summed E-state index contributed by atoms with van der Waals surface area (Å²) in [6.45, 7) is 7.67. The van der Waals surface area contributed by atoms with Crippen LogP contribution in [0.3, 0.4) is 0 Å². The number of nitrogens with zero attached hydrogens (tertiary/aromatic N) is 4. The molecule has 0 unspecified atom stereocenters. The molecule has 33 heavy (non-hydrogen) atoms. The quantitative estimate of drug-likeness (QED) is 0.547. The highest BCUT2D eigenvalue weighted by Gasteiger charge is 2.33. The second-order valence-electron chi connectivity index (χ2n) is 8.61. The van der Waals surface area contributed by atoms with Gasteiger partial charge in [0.1, 0.15) is 0 Å². The molecule has 6 nitrogen and oxygen atoms in total. The van der Waals surface area contributed by atoms with Gasteiger partial charge >= 0.3 is 0 Å².